The third kappa shape index (κ3) is 4.69. The van der Waals surface area contributed by atoms with Crippen LogP contribution in [0.3, 0.4) is 0 Å². The first-order valence-corrected chi connectivity index (χ1v) is 12.1. The summed E-state index contributed by atoms with van der Waals surface area (Å²) in [6.07, 6.45) is 1.15. The lowest BCUT2D eigenvalue weighted by Crippen LogP contribution is -2.54. The summed E-state index contributed by atoms with van der Waals surface area (Å²) in [7, 11) is 0. The Labute approximate surface area is 204 Å². The number of nitrogens with one attached hydrogen (secondary N) is 1. The van der Waals surface area contributed by atoms with E-state index in [-0.39, 0.29) is 30.1 Å². The van der Waals surface area contributed by atoms with Gasteiger partial charge in [-0.3, -0.25) is 9.29 Å². The van der Waals surface area contributed by atoms with Gasteiger partial charge in [0.15, 0.2) is 0 Å². The number of anilines is 2. The number of hydrogen-bond acceptors (Lipinski definition) is 4. The summed E-state index contributed by atoms with van der Waals surface area (Å²) >= 11 is 0. The molecule has 2 aliphatic rings. The molecule has 4 nitrogen and oxygen atoms in total. The van der Waals surface area contributed by atoms with Crippen molar-refractivity contribution in [3.8, 4) is 5.75 Å². The molecule has 2 heterocycles. The number of para-hydroxylation sites is 1. The van der Waals surface area contributed by atoms with E-state index in [2.05, 4.69) is 15.1 Å². The van der Waals surface area contributed by atoms with E-state index in [1.165, 1.54) is 12.1 Å². The van der Waals surface area contributed by atoms with Crippen LogP contribution in [0.1, 0.15) is 36.1 Å². The van der Waals surface area contributed by atoms with Crippen LogP contribution in [0.2, 0.25) is 0 Å². The van der Waals surface area contributed by atoms with Crippen molar-refractivity contribution in [3.05, 3.63) is 89.0 Å². The number of benzene rings is 3. The van der Waals surface area contributed by atoms with E-state index >= 15 is 8.78 Å². The maximum atomic E-state index is 15.7. The Morgan fingerprint density at radius 3 is 2.40 bits per heavy atom. The van der Waals surface area contributed by atoms with Gasteiger partial charge < -0.3 is 15.3 Å². The van der Waals surface area contributed by atoms with Gasteiger partial charge in [0, 0.05) is 37.1 Å². The fourth-order valence-electron chi connectivity index (χ4n) is 5.45. The molecule has 7 heteroatoms. The molecular weight excluding hydrogens is 451 g/mol. The number of rotatable bonds is 7. The van der Waals surface area contributed by atoms with E-state index in [9.17, 15) is 9.50 Å². The fraction of sp³-hybridized carbons (Fsp3) is 0.357. The molecule has 2 aliphatic heterocycles. The summed E-state index contributed by atoms with van der Waals surface area (Å²) < 4.78 is 43.8. The van der Waals surface area contributed by atoms with Gasteiger partial charge >= 0.3 is 0 Å². The normalized spacial score (nSPS) is 20.4. The first kappa shape index (κ1) is 23.5. The van der Waals surface area contributed by atoms with Crippen LogP contribution in [0, 0.1) is 11.6 Å². The minimum Gasteiger partial charge on any atom is -0.508 e. The number of alkyl halides is 1. The van der Waals surface area contributed by atoms with Crippen molar-refractivity contribution < 1.29 is 18.3 Å². The van der Waals surface area contributed by atoms with Crippen LogP contribution in [0.25, 0.3) is 0 Å². The molecule has 1 unspecified atom stereocenters. The molecular formula is C28H30F3N3O. The van der Waals surface area contributed by atoms with Gasteiger partial charge in [0.2, 0.25) is 0 Å². The van der Waals surface area contributed by atoms with Crippen LogP contribution >= 0.6 is 0 Å². The van der Waals surface area contributed by atoms with Crippen LogP contribution in [0.15, 0.2) is 60.7 Å². The smallest absolute Gasteiger partial charge is 0.133 e. The largest absolute Gasteiger partial charge is 0.508 e. The van der Waals surface area contributed by atoms with Gasteiger partial charge in [-0.1, -0.05) is 24.3 Å². The maximum Gasteiger partial charge on any atom is 0.133 e. The standard InChI is InChI=1S/C28H30F3N3O/c1-18-12-19-13-23(35)8-9-24(19)28(34(18)22-6-3-2-4-7-22)27-25(30)14-20(15-26(27)31)32-21-16-33(17-21)11-5-10-29/h2-4,6-9,13-15,18,21,28,32,35H,5,10-12,16-17H2,1H3/t18?,28-/m1/s1. The molecule has 0 saturated carbocycles. The topological polar surface area (TPSA) is 38.7 Å². The van der Waals surface area contributed by atoms with Crippen molar-refractivity contribution >= 4 is 11.4 Å². The van der Waals surface area contributed by atoms with Gasteiger partial charge in [0.25, 0.3) is 0 Å². The second kappa shape index (κ2) is 9.82. The van der Waals surface area contributed by atoms with E-state index in [0.717, 1.165) is 29.9 Å². The SMILES string of the molecule is CC1Cc2cc(O)ccc2[C@H](c2c(F)cc(NC3CN(CCCF)C3)cc2F)N1c1ccccc1. The summed E-state index contributed by atoms with van der Waals surface area (Å²) in [4.78, 5) is 4.18. The lowest BCUT2D eigenvalue weighted by atomic mass is 9.84. The zero-order chi connectivity index (χ0) is 24.5. The van der Waals surface area contributed by atoms with Gasteiger partial charge in [0.1, 0.15) is 17.4 Å². The predicted octanol–water partition coefficient (Wildman–Crippen LogP) is 5.67. The number of halogens is 3. The number of fused-ring (bicyclic) bond motifs is 1. The maximum absolute atomic E-state index is 15.7. The van der Waals surface area contributed by atoms with Crippen molar-refractivity contribution in [2.45, 2.75) is 37.9 Å². The molecule has 0 radical (unpaired) electrons. The fourth-order valence-corrected chi connectivity index (χ4v) is 5.45. The number of likely N-dealkylation sites (tertiary alicyclic amines) is 1. The highest BCUT2D eigenvalue weighted by Crippen LogP contribution is 2.43. The summed E-state index contributed by atoms with van der Waals surface area (Å²) in [6.45, 7) is 3.84. The monoisotopic (exact) mass is 481 g/mol. The van der Waals surface area contributed by atoms with Crippen molar-refractivity contribution in [1.82, 2.24) is 4.90 Å². The predicted molar refractivity (Wildman–Crippen MR) is 133 cm³/mol. The van der Waals surface area contributed by atoms with Gasteiger partial charge in [-0.25, -0.2) is 8.78 Å². The summed E-state index contributed by atoms with van der Waals surface area (Å²) in [5, 5.41) is 13.3. The lowest BCUT2D eigenvalue weighted by Gasteiger charge is -2.44. The molecule has 0 aliphatic carbocycles. The first-order valence-electron chi connectivity index (χ1n) is 12.1. The molecule has 0 bridgehead atoms. The Kier molecular flexibility index (Phi) is 6.60. The van der Waals surface area contributed by atoms with E-state index in [1.54, 1.807) is 18.2 Å². The van der Waals surface area contributed by atoms with Crippen LogP contribution in [0.4, 0.5) is 24.5 Å². The summed E-state index contributed by atoms with van der Waals surface area (Å²) in [5.41, 5.74) is 2.95. The molecule has 5 rings (SSSR count). The molecule has 3 aromatic carbocycles. The second-order valence-corrected chi connectivity index (χ2v) is 9.58. The van der Waals surface area contributed by atoms with Crippen LogP contribution in [-0.4, -0.2) is 48.4 Å². The van der Waals surface area contributed by atoms with Gasteiger partial charge in [-0.2, -0.15) is 0 Å². The summed E-state index contributed by atoms with van der Waals surface area (Å²) in [6, 6.07) is 16.8. The first-order chi connectivity index (χ1) is 16.9. The highest BCUT2D eigenvalue weighted by Gasteiger charge is 2.37. The summed E-state index contributed by atoms with van der Waals surface area (Å²) in [5.74, 6) is -1.08. The number of phenolic OH excluding ortho intramolecular Hbond substituents is 1. The van der Waals surface area contributed by atoms with E-state index < -0.39 is 17.7 Å². The Hall–Kier alpha value is -3.19. The van der Waals surface area contributed by atoms with Crippen molar-refractivity contribution in [2.75, 3.05) is 36.5 Å². The zero-order valence-corrected chi connectivity index (χ0v) is 19.7. The molecule has 0 spiro atoms. The molecule has 184 valence electrons. The quantitative estimate of drug-likeness (QED) is 0.456. The minimum atomic E-state index is -0.675. The van der Waals surface area contributed by atoms with Crippen molar-refractivity contribution in [1.29, 1.82) is 0 Å². The van der Waals surface area contributed by atoms with Crippen molar-refractivity contribution in [3.63, 3.8) is 0 Å². The molecule has 3 aromatic rings. The highest BCUT2D eigenvalue weighted by atomic mass is 19.1. The zero-order valence-electron chi connectivity index (χ0n) is 19.7. The van der Waals surface area contributed by atoms with E-state index in [1.807, 2.05) is 37.3 Å². The van der Waals surface area contributed by atoms with E-state index in [0.29, 0.717) is 25.1 Å². The Balaban J connectivity index is 1.49. The van der Waals surface area contributed by atoms with Crippen LogP contribution in [-0.2, 0) is 6.42 Å². The minimum absolute atomic E-state index is 0.00363. The molecule has 2 N–H and O–H groups in total. The number of phenols is 1. The Morgan fingerprint density at radius 1 is 1.00 bits per heavy atom. The van der Waals surface area contributed by atoms with Crippen LogP contribution in [0.5, 0.6) is 5.75 Å². The highest BCUT2D eigenvalue weighted by molar-refractivity contribution is 5.59. The Morgan fingerprint density at radius 2 is 1.71 bits per heavy atom. The van der Waals surface area contributed by atoms with Gasteiger partial charge in [0.05, 0.1) is 24.3 Å². The number of nitrogens with zero attached hydrogens (tertiary/aromatic N) is 2. The molecule has 35 heavy (non-hydrogen) atoms. The number of hydrogen-bond donors (Lipinski definition) is 2. The third-order valence-corrected chi connectivity index (χ3v) is 7.03. The molecule has 0 aromatic heterocycles. The average molecular weight is 482 g/mol. The van der Waals surface area contributed by atoms with Gasteiger partial charge in [-0.15, -0.1) is 0 Å². The lowest BCUT2D eigenvalue weighted by molar-refractivity contribution is 0.155. The molecule has 1 fully saturated rings. The Bertz CT molecular complexity index is 1160. The van der Waals surface area contributed by atoms with Crippen molar-refractivity contribution in [2.24, 2.45) is 0 Å². The average Bonchev–Trinajstić information content (AvgIpc) is 2.80. The van der Waals surface area contributed by atoms with Gasteiger partial charge in [-0.05, 0) is 67.3 Å². The molecule has 0 amide bonds. The van der Waals surface area contributed by atoms with E-state index in [4.69, 9.17) is 0 Å². The second-order valence-electron chi connectivity index (χ2n) is 9.58. The number of aromatic hydroxyl groups is 1. The molecule has 1 saturated heterocycles. The molecule has 2 atom stereocenters. The third-order valence-electron chi connectivity index (χ3n) is 7.03. The van der Waals surface area contributed by atoms with Crippen LogP contribution < -0.4 is 10.2 Å².